The van der Waals surface area contributed by atoms with Crippen LogP contribution in [0.4, 0.5) is 5.69 Å². The number of nitrogens with zero attached hydrogens (tertiary/aromatic N) is 4. The first-order chi connectivity index (χ1) is 10.5. The molecule has 1 N–H and O–H groups in total. The van der Waals surface area contributed by atoms with Crippen LogP contribution >= 0.6 is 23.2 Å². The van der Waals surface area contributed by atoms with Gasteiger partial charge in [-0.3, -0.25) is 9.59 Å². The molecule has 7 nitrogen and oxygen atoms in total. The molecule has 1 amide bonds. The van der Waals surface area contributed by atoms with E-state index < -0.39 is 11.5 Å². The fourth-order valence-corrected chi connectivity index (χ4v) is 2.36. The van der Waals surface area contributed by atoms with Gasteiger partial charge in [0.25, 0.3) is 5.56 Å². The lowest BCUT2D eigenvalue weighted by Crippen LogP contribution is -2.30. The number of hydrogen-bond acceptors (Lipinski definition) is 4. The first-order valence-corrected chi connectivity index (χ1v) is 6.94. The predicted octanol–water partition coefficient (Wildman–Crippen LogP) is 1.84. The van der Waals surface area contributed by atoms with E-state index in [0.717, 1.165) is 4.68 Å². The predicted molar refractivity (Wildman–Crippen MR) is 82.3 cm³/mol. The number of carbonyl (C=O) groups excluding carboxylic acids is 1. The number of anilines is 1. The Morgan fingerprint density at radius 1 is 1.23 bits per heavy atom. The van der Waals surface area contributed by atoms with Crippen molar-refractivity contribution < 1.29 is 4.79 Å². The molecule has 0 aliphatic rings. The van der Waals surface area contributed by atoms with E-state index in [4.69, 9.17) is 23.2 Å². The summed E-state index contributed by atoms with van der Waals surface area (Å²) in [7, 11) is 0. The number of amides is 1. The van der Waals surface area contributed by atoms with E-state index in [2.05, 4.69) is 15.5 Å². The van der Waals surface area contributed by atoms with Crippen molar-refractivity contribution in [3.63, 3.8) is 0 Å². The molecular weight excluding hydrogens is 329 g/mol. The summed E-state index contributed by atoms with van der Waals surface area (Å²) in [5, 5.41) is 11.2. The van der Waals surface area contributed by atoms with Gasteiger partial charge in [-0.25, -0.2) is 9.20 Å². The number of carbonyl (C=O) groups is 1. The topological polar surface area (TPSA) is 81.3 Å². The molecule has 0 bridgehead atoms. The molecule has 0 saturated carbocycles. The summed E-state index contributed by atoms with van der Waals surface area (Å²) < 4.78 is 2.39. The van der Waals surface area contributed by atoms with Gasteiger partial charge in [-0.05, 0) is 24.3 Å². The van der Waals surface area contributed by atoms with Crippen LogP contribution in [-0.4, -0.2) is 25.3 Å². The molecule has 0 saturated heterocycles. The third-order valence-electron chi connectivity index (χ3n) is 2.92. The Labute approximate surface area is 134 Å². The number of aromatic nitrogens is 4. The van der Waals surface area contributed by atoms with E-state index in [1.807, 2.05) is 0 Å². The van der Waals surface area contributed by atoms with Crippen molar-refractivity contribution >= 4 is 40.3 Å². The highest BCUT2D eigenvalue weighted by atomic mass is 35.5. The zero-order valence-electron chi connectivity index (χ0n) is 11.0. The van der Waals surface area contributed by atoms with Gasteiger partial charge in [0, 0.05) is 5.02 Å². The van der Waals surface area contributed by atoms with Gasteiger partial charge in [-0.15, -0.1) is 0 Å². The molecule has 0 spiro atoms. The molecule has 0 unspecified atom stereocenters. The summed E-state index contributed by atoms with van der Waals surface area (Å²) in [6.45, 7) is -0.237. The SMILES string of the molecule is O=C(Cn1ncn2nccc2c1=O)Nc1ccc(Cl)cc1Cl. The lowest BCUT2D eigenvalue weighted by Gasteiger charge is -2.08. The van der Waals surface area contributed by atoms with Crippen LogP contribution in [0.3, 0.4) is 0 Å². The Morgan fingerprint density at radius 3 is 2.82 bits per heavy atom. The second kappa shape index (κ2) is 5.78. The maximum atomic E-state index is 12.1. The number of rotatable bonds is 3. The number of hydrogen-bond donors (Lipinski definition) is 1. The molecule has 112 valence electrons. The summed E-state index contributed by atoms with van der Waals surface area (Å²) >= 11 is 11.8. The van der Waals surface area contributed by atoms with Gasteiger partial charge < -0.3 is 5.32 Å². The van der Waals surface area contributed by atoms with Crippen molar-refractivity contribution in [3.8, 4) is 0 Å². The third kappa shape index (κ3) is 2.81. The first kappa shape index (κ1) is 14.6. The molecule has 22 heavy (non-hydrogen) atoms. The highest BCUT2D eigenvalue weighted by Gasteiger charge is 2.11. The lowest BCUT2D eigenvalue weighted by molar-refractivity contribution is -0.117. The molecule has 0 aliphatic heterocycles. The van der Waals surface area contributed by atoms with Gasteiger partial charge >= 0.3 is 0 Å². The molecule has 3 rings (SSSR count). The van der Waals surface area contributed by atoms with E-state index in [0.29, 0.717) is 21.2 Å². The van der Waals surface area contributed by atoms with Crippen LogP contribution in [-0.2, 0) is 11.3 Å². The molecule has 0 atom stereocenters. The average Bonchev–Trinajstić information content (AvgIpc) is 2.94. The standard InChI is InChI=1S/C13H9Cl2N5O2/c14-8-1-2-10(9(15)5-8)18-12(21)6-19-13(22)11-3-4-16-20(11)7-17-19/h1-5,7H,6H2,(H,18,21). The summed E-state index contributed by atoms with van der Waals surface area (Å²) in [5.74, 6) is -0.428. The molecular formula is C13H9Cl2N5O2. The maximum Gasteiger partial charge on any atom is 0.293 e. The smallest absolute Gasteiger partial charge is 0.293 e. The zero-order chi connectivity index (χ0) is 15.7. The van der Waals surface area contributed by atoms with Crippen LogP contribution < -0.4 is 10.9 Å². The van der Waals surface area contributed by atoms with Crippen LogP contribution in [0.15, 0.2) is 41.6 Å². The highest BCUT2D eigenvalue weighted by molar-refractivity contribution is 6.36. The number of nitrogens with one attached hydrogen (secondary N) is 1. The van der Waals surface area contributed by atoms with E-state index in [1.54, 1.807) is 18.2 Å². The molecule has 1 aromatic carbocycles. The minimum absolute atomic E-state index is 0.237. The maximum absolute atomic E-state index is 12.1. The van der Waals surface area contributed by atoms with Gasteiger partial charge in [0.2, 0.25) is 5.91 Å². The van der Waals surface area contributed by atoms with Crippen LogP contribution in [0.2, 0.25) is 10.0 Å². The Bertz CT molecular complexity index is 918. The second-order valence-electron chi connectivity index (χ2n) is 4.43. The molecule has 9 heteroatoms. The van der Waals surface area contributed by atoms with E-state index >= 15 is 0 Å². The minimum atomic E-state index is -0.428. The van der Waals surface area contributed by atoms with Gasteiger partial charge in [0.1, 0.15) is 18.4 Å². The second-order valence-corrected chi connectivity index (χ2v) is 5.27. The normalized spacial score (nSPS) is 10.8. The summed E-state index contributed by atoms with van der Waals surface area (Å²) in [5.41, 5.74) is 0.347. The first-order valence-electron chi connectivity index (χ1n) is 6.19. The van der Waals surface area contributed by atoms with Gasteiger partial charge in [-0.1, -0.05) is 23.2 Å². The Kier molecular flexibility index (Phi) is 3.82. The number of benzene rings is 1. The monoisotopic (exact) mass is 337 g/mol. The van der Waals surface area contributed by atoms with Crippen LogP contribution in [0.1, 0.15) is 0 Å². The van der Waals surface area contributed by atoms with Crippen LogP contribution in [0, 0.1) is 0 Å². The van der Waals surface area contributed by atoms with Crippen molar-refractivity contribution in [1.82, 2.24) is 19.4 Å². The van der Waals surface area contributed by atoms with Crippen molar-refractivity contribution in [1.29, 1.82) is 0 Å². The molecule has 0 fully saturated rings. The minimum Gasteiger partial charge on any atom is -0.323 e. The lowest BCUT2D eigenvalue weighted by atomic mass is 10.3. The van der Waals surface area contributed by atoms with Gasteiger partial charge in [-0.2, -0.15) is 10.2 Å². The molecule has 0 radical (unpaired) electrons. The average molecular weight is 338 g/mol. The molecule has 3 aromatic rings. The van der Waals surface area contributed by atoms with E-state index in [1.165, 1.54) is 23.1 Å². The fraction of sp³-hybridized carbons (Fsp3) is 0.0769. The fourth-order valence-electron chi connectivity index (χ4n) is 1.90. The summed E-state index contributed by atoms with van der Waals surface area (Å²) in [4.78, 5) is 24.1. The zero-order valence-corrected chi connectivity index (χ0v) is 12.5. The molecule has 2 aromatic heterocycles. The van der Waals surface area contributed by atoms with Crippen molar-refractivity contribution in [2.24, 2.45) is 0 Å². The number of fused-ring (bicyclic) bond motifs is 1. The Balaban J connectivity index is 1.81. The van der Waals surface area contributed by atoms with E-state index in [9.17, 15) is 9.59 Å². The quantitative estimate of drug-likeness (QED) is 0.790. The van der Waals surface area contributed by atoms with Crippen molar-refractivity contribution in [2.75, 3.05) is 5.32 Å². The third-order valence-corrected chi connectivity index (χ3v) is 3.47. The number of halogens is 2. The molecule has 2 heterocycles. The Morgan fingerprint density at radius 2 is 2.05 bits per heavy atom. The largest absolute Gasteiger partial charge is 0.323 e. The molecule has 0 aliphatic carbocycles. The summed E-state index contributed by atoms with van der Waals surface area (Å²) in [6.07, 6.45) is 2.84. The van der Waals surface area contributed by atoms with E-state index in [-0.39, 0.29) is 6.54 Å². The Hall–Kier alpha value is -2.38. The van der Waals surface area contributed by atoms with Crippen molar-refractivity contribution in [2.45, 2.75) is 6.54 Å². The van der Waals surface area contributed by atoms with Gasteiger partial charge in [0.05, 0.1) is 16.9 Å². The van der Waals surface area contributed by atoms with Gasteiger partial charge in [0.15, 0.2) is 0 Å². The van der Waals surface area contributed by atoms with Crippen LogP contribution in [0.5, 0.6) is 0 Å². The summed E-state index contributed by atoms with van der Waals surface area (Å²) in [6, 6.07) is 6.25. The van der Waals surface area contributed by atoms with Crippen molar-refractivity contribution in [3.05, 3.63) is 57.2 Å². The van der Waals surface area contributed by atoms with Crippen LogP contribution in [0.25, 0.3) is 5.52 Å². The highest BCUT2D eigenvalue weighted by Crippen LogP contribution is 2.25.